The van der Waals surface area contributed by atoms with Gasteiger partial charge in [-0.05, 0) is 31.8 Å². The highest BCUT2D eigenvalue weighted by atomic mass is 28.4. The van der Waals surface area contributed by atoms with E-state index in [0.717, 1.165) is 10.8 Å². The highest BCUT2D eigenvalue weighted by Gasteiger charge is 2.23. The average molecular weight is 266 g/mol. The highest BCUT2D eigenvalue weighted by Crippen LogP contribution is 2.42. The van der Waals surface area contributed by atoms with Gasteiger partial charge in [0.2, 0.25) is 8.32 Å². The molecule has 0 aliphatic carbocycles. The maximum Gasteiger partial charge on any atom is 0.282 e. The minimum absolute atomic E-state index is 0.514. The number of hydrogen-bond donors (Lipinski definition) is 0. The maximum absolute atomic E-state index is 5.93. The molecule has 0 spiro atoms. The predicted molar refractivity (Wildman–Crippen MR) is 73.3 cm³/mol. The van der Waals surface area contributed by atoms with E-state index in [2.05, 4.69) is 19.6 Å². The van der Waals surface area contributed by atoms with Crippen LogP contribution in [0.4, 0.5) is 0 Å². The molecule has 0 N–H and O–H groups in total. The van der Waals surface area contributed by atoms with Crippen LogP contribution in [0, 0.1) is 0 Å². The molecule has 98 valence electrons. The molecule has 1 aromatic heterocycles. The molecule has 0 radical (unpaired) electrons. The minimum atomic E-state index is -1.73. The summed E-state index contributed by atoms with van der Waals surface area (Å²) in [4.78, 5) is 0. The van der Waals surface area contributed by atoms with Gasteiger partial charge >= 0.3 is 0 Å². The Morgan fingerprint density at radius 3 is 2.33 bits per heavy atom. The summed E-state index contributed by atoms with van der Waals surface area (Å²) in [7, 11) is 1.50. The SMILES string of the molecule is COc1ccc2coc(O[Si](C)(C)C)c2c1OC. The quantitative estimate of drug-likeness (QED) is 0.792. The summed E-state index contributed by atoms with van der Waals surface area (Å²) in [5, 5.41) is 1.78. The summed E-state index contributed by atoms with van der Waals surface area (Å²) in [6.45, 7) is 6.32. The van der Waals surface area contributed by atoms with Crippen molar-refractivity contribution in [2.75, 3.05) is 14.2 Å². The Labute approximate surface area is 108 Å². The first-order valence-electron chi connectivity index (χ1n) is 5.77. The lowest BCUT2D eigenvalue weighted by atomic mass is 10.2. The summed E-state index contributed by atoms with van der Waals surface area (Å²) in [6, 6.07) is 3.78. The zero-order chi connectivity index (χ0) is 13.3. The van der Waals surface area contributed by atoms with Crippen molar-refractivity contribution in [3.8, 4) is 17.4 Å². The molecule has 18 heavy (non-hydrogen) atoms. The summed E-state index contributed by atoms with van der Waals surface area (Å²) in [5.74, 6) is 1.84. The van der Waals surface area contributed by atoms with Gasteiger partial charge in [-0.15, -0.1) is 0 Å². The number of methoxy groups -OCH3 is 2. The Morgan fingerprint density at radius 2 is 1.78 bits per heavy atom. The summed E-state index contributed by atoms with van der Waals surface area (Å²) < 4.78 is 22.1. The van der Waals surface area contributed by atoms with Crippen LogP contribution in [0.15, 0.2) is 22.8 Å². The normalized spacial score (nSPS) is 11.6. The van der Waals surface area contributed by atoms with Crippen LogP contribution in [0.1, 0.15) is 0 Å². The smallest absolute Gasteiger partial charge is 0.282 e. The van der Waals surface area contributed by atoms with Gasteiger partial charge in [-0.2, -0.15) is 0 Å². The molecule has 1 heterocycles. The fourth-order valence-electron chi connectivity index (χ4n) is 1.78. The molecule has 0 unspecified atom stereocenters. The molecule has 2 rings (SSSR count). The first kappa shape index (κ1) is 12.8. The molecule has 0 aliphatic rings. The highest BCUT2D eigenvalue weighted by molar-refractivity contribution is 6.70. The van der Waals surface area contributed by atoms with Crippen molar-refractivity contribution in [1.29, 1.82) is 0 Å². The van der Waals surface area contributed by atoms with Gasteiger partial charge in [-0.3, -0.25) is 0 Å². The Balaban J connectivity index is 2.62. The van der Waals surface area contributed by atoms with E-state index in [4.69, 9.17) is 18.3 Å². The Bertz CT molecular complexity index is 554. The van der Waals surface area contributed by atoms with E-state index in [1.165, 1.54) is 0 Å². The van der Waals surface area contributed by atoms with Crippen LogP contribution < -0.4 is 13.9 Å². The van der Waals surface area contributed by atoms with Crippen molar-refractivity contribution in [1.82, 2.24) is 0 Å². The molecule has 0 saturated heterocycles. The number of hydrogen-bond acceptors (Lipinski definition) is 4. The fraction of sp³-hybridized carbons (Fsp3) is 0.385. The van der Waals surface area contributed by atoms with Crippen molar-refractivity contribution in [3.05, 3.63) is 18.4 Å². The van der Waals surface area contributed by atoms with E-state index in [0.29, 0.717) is 17.4 Å². The number of ether oxygens (including phenoxy) is 2. The molecule has 0 bridgehead atoms. The van der Waals surface area contributed by atoms with Gasteiger partial charge in [0.15, 0.2) is 11.5 Å². The predicted octanol–water partition coefficient (Wildman–Crippen LogP) is 3.66. The largest absolute Gasteiger partial charge is 0.519 e. The first-order valence-corrected chi connectivity index (χ1v) is 9.18. The molecule has 0 amide bonds. The molecular weight excluding hydrogens is 248 g/mol. The number of fused-ring (bicyclic) bond motifs is 1. The molecule has 5 heteroatoms. The Kier molecular flexibility index (Phi) is 3.25. The fourth-order valence-corrected chi connectivity index (χ4v) is 2.49. The van der Waals surface area contributed by atoms with Crippen molar-refractivity contribution < 1.29 is 18.3 Å². The van der Waals surface area contributed by atoms with E-state index in [-0.39, 0.29) is 0 Å². The third-order valence-corrected chi connectivity index (χ3v) is 3.27. The molecule has 4 nitrogen and oxygen atoms in total. The monoisotopic (exact) mass is 266 g/mol. The minimum Gasteiger partial charge on any atom is -0.519 e. The molecule has 2 aromatic rings. The molecule has 0 aliphatic heterocycles. The summed E-state index contributed by atoms with van der Waals surface area (Å²) >= 11 is 0. The third kappa shape index (κ3) is 2.31. The Morgan fingerprint density at radius 1 is 1.06 bits per heavy atom. The summed E-state index contributed by atoms with van der Waals surface area (Å²) in [6.07, 6.45) is 1.67. The second kappa shape index (κ2) is 4.57. The van der Waals surface area contributed by atoms with E-state index in [1.807, 2.05) is 12.1 Å². The maximum atomic E-state index is 5.93. The van der Waals surface area contributed by atoms with Crippen molar-refractivity contribution >= 4 is 19.1 Å². The van der Waals surface area contributed by atoms with Gasteiger partial charge in [-0.25, -0.2) is 0 Å². The van der Waals surface area contributed by atoms with E-state index in [9.17, 15) is 0 Å². The average Bonchev–Trinajstić information content (AvgIpc) is 2.69. The number of benzene rings is 1. The van der Waals surface area contributed by atoms with Crippen LogP contribution in [-0.4, -0.2) is 22.5 Å². The second-order valence-electron chi connectivity index (χ2n) is 5.00. The number of rotatable bonds is 4. The Hall–Kier alpha value is -1.62. The second-order valence-corrected chi connectivity index (χ2v) is 9.43. The molecule has 0 fully saturated rings. The van der Waals surface area contributed by atoms with Gasteiger partial charge in [0, 0.05) is 5.39 Å². The lowest BCUT2D eigenvalue weighted by molar-refractivity contribution is 0.354. The van der Waals surface area contributed by atoms with Crippen LogP contribution in [0.3, 0.4) is 0 Å². The third-order valence-electron chi connectivity index (χ3n) is 2.47. The van der Waals surface area contributed by atoms with Crippen molar-refractivity contribution in [2.45, 2.75) is 19.6 Å². The van der Waals surface area contributed by atoms with Gasteiger partial charge in [0.25, 0.3) is 5.95 Å². The van der Waals surface area contributed by atoms with E-state index >= 15 is 0 Å². The van der Waals surface area contributed by atoms with Crippen LogP contribution in [0.5, 0.6) is 17.4 Å². The van der Waals surface area contributed by atoms with Gasteiger partial charge in [0.05, 0.1) is 14.2 Å². The van der Waals surface area contributed by atoms with Gasteiger partial charge < -0.3 is 18.3 Å². The van der Waals surface area contributed by atoms with Crippen LogP contribution in [0.25, 0.3) is 10.8 Å². The topological polar surface area (TPSA) is 40.8 Å². The molecular formula is C13H18O4Si. The summed E-state index contributed by atoms with van der Waals surface area (Å²) in [5.41, 5.74) is 0. The van der Waals surface area contributed by atoms with Crippen LogP contribution in [0.2, 0.25) is 19.6 Å². The number of furan rings is 1. The zero-order valence-electron chi connectivity index (χ0n) is 11.4. The standard InChI is InChI=1S/C13H18O4Si/c1-14-10-7-6-9-8-16-13(17-18(3,4)5)11(9)12(10)15-2/h6-8H,1-5H3. The zero-order valence-corrected chi connectivity index (χ0v) is 12.4. The van der Waals surface area contributed by atoms with Crippen molar-refractivity contribution in [3.63, 3.8) is 0 Å². The molecule has 0 saturated carbocycles. The van der Waals surface area contributed by atoms with Crippen LogP contribution in [-0.2, 0) is 0 Å². The van der Waals surface area contributed by atoms with Gasteiger partial charge in [0.1, 0.15) is 11.6 Å². The molecule has 1 aromatic carbocycles. The molecule has 0 atom stereocenters. The first-order chi connectivity index (χ1) is 8.46. The van der Waals surface area contributed by atoms with Crippen molar-refractivity contribution in [2.24, 2.45) is 0 Å². The lowest BCUT2D eigenvalue weighted by Crippen LogP contribution is -2.29. The lowest BCUT2D eigenvalue weighted by Gasteiger charge is -2.17. The van der Waals surface area contributed by atoms with Gasteiger partial charge in [-0.1, -0.05) is 0 Å². The van der Waals surface area contributed by atoms with E-state index < -0.39 is 8.32 Å². The van der Waals surface area contributed by atoms with E-state index in [1.54, 1.807) is 20.5 Å². The van der Waals surface area contributed by atoms with Crippen LogP contribution >= 0.6 is 0 Å².